The summed E-state index contributed by atoms with van der Waals surface area (Å²) in [6.45, 7) is 10.8. The van der Waals surface area contributed by atoms with Crippen molar-refractivity contribution >= 4 is 54.7 Å². The molecule has 0 bridgehead atoms. The maximum absolute atomic E-state index is 14.5. The first-order valence-electron chi connectivity index (χ1n) is 25.8. The third-order valence-corrected chi connectivity index (χ3v) is 15.8. The number of hydrogen-bond donors (Lipinski definition) is 4. The molecular formula is C52H86N9O11P. The van der Waals surface area contributed by atoms with Gasteiger partial charge in [-0.05, 0) is 49.5 Å². The molecule has 0 aliphatic carbocycles. The lowest BCUT2D eigenvalue weighted by atomic mass is 9.89. The molecule has 0 saturated carbocycles. The number of methoxy groups -OCH3 is 2. The number of imide groups is 1. The molecule has 2 aliphatic rings. The Morgan fingerprint density at radius 3 is 2.04 bits per heavy atom. The van der Waals surface area contributed by atoms with Crippen LogP contribution in [0.5, 0.6) is 0 Å². The largest absolute Gasteiger partial charge is 0.379 e. The summed E-state index contributed by atoms with van der Waals surface area (Å²) in [4.78, 5) is 117. The minimum Gasteiger partial charge on any atom is -0.379 e. The summed E-state index contributed by atoms with van der Waals surface area (Å²) in [7, 11) is 7.86. The molecule has 3 rings (SSSR count). The van der Waals surface area contributed by atoms with E-state index in [0.29, 0.717) is 69.6 Å². The molecule has 73 heavy (non-hydrogen) atoms. The van der Waals surface area contributed by atoms with Gasteiger partial charge in [-0.3, -0.25) is 43.0 Å². The normalized spacial score (nSPS) is 18.2. The zero-order chi connectivity index (χ0) is 54.6. The fourth-order valence-electron chi connectivity index (χ4n) is 9.58. The fraction of sp³-hybridized carbons (Fsp3) is 0.692. The Morgan fingerprint density at radius 1 is 0.863 bits per heavy atom. The SMILES string of the molecule is CC[C@H](C)C([C@@H](CC(=O)N1CCC[C@H]1[C@H](OC)[C@@H](C)C(=O)N[C@@H](Cc1ccccc1)P(=O)(O)CC(=O)NCCCNC(=O)CCCCCN1C(=O)C=CC1=O)OC)N(C)C(=O)[C@@H](N=C(N(C)C)N(C)C)C(C)C. The number of nitrogens with one attached hydrogen (secondary N) is 3. The number of aliphatic imine (C=N–C) groups is 1. The first-order valence-corrected chi connectivity index (χ1v) is 27.7. The molecule has 2 unspecified atom stereocenters. The molecule has 0 radical (unpaired) electrons. The van der Waals surface area contributed by atoms with Gasteiger partial charge in [0.05, 0.1) is 36.6 Å². The molecule has 0 aromatic heterocycles. The van der Waals surface area contributed by atoms with E-state index in [9.17, 15) is 43.0 Å². The minimum absolute atomic E-state index is 0.0345. The molecular weight excluding hydrogens is 958 g/mol. The van der Waals surface area contributed by atoms with Crippen LogP contribution in [0.2, 0.25) is 0 Å². The van der Waals surface area contributed by atoms with Crippen LogP contribution < -0.4 is 16.0 Å². The summed E-state index contributed by atoms with van der Waals surface area (Å²) in [6, 6.07) is 7.21. The number of rotatable bonds is 30. The molecule has 1 fully saturated rings. The van der Waals surface area contributed by atoms with E-state index < -0.39 is 67.4 Å². The Kier molecular flexibility index (Phi) is 25.8. The van der Waals surface area contributed by atoms with Crippen molar-refractivity contribution in [3.8, 4) is 0 Å². The highest BCUT2D eigenvalue weighted by molar-refractivity contribution is 7.59. The lowest BCUT2D eigenvalue weighted by Crippen LogP contribution is -2.55. The highest BCUT2D eigenvalue weighted by atomic mass is 31.2. The molecule has 21 heteroatoms. The number of nitrogens with zero attached hydrogens (tertiary/aromatic N) is 6. The average molecular weight is 1040 g/mol. The number of likely N-dealkylation sites (N-methyl/N-ethyl adjacent to an activating group) is 1. The summed E-state index contributed by atoms with van der Waals surface area (Å²) in [5.41, 5.74) is 0.672. The van der Waals surface area contributed by atoms with Crippen molar-refractivity contribution in [2.24, 2.45) is 22.7 Å². The Balaban J connectivity index is 1.66. The molecule has 1 aromatic carbocycles. The number of likely N-dealkylation sites (tertiary alicyclic amines) is 1. The van der Waals surface area contributed by atoms with Crippen LogP contribution in [0.25, 0.3) is 0 Å². The Bertz CT molecular complexity index is 2080. The lowest BCUT2D eigenvalue weighted by Gasteiger charge is -2.40. The zero-order valence-electron chi connectivity index (χ0n) is 45.5. The van der Waals surface area contributed by atoms with Crippen molar-refractivity contribution in [1.82, 2.24) is 40.4 Å². The van der Waals surface area contributed by atoms with E-state index in [1.54, 1.807) is 61.2 Å². The molecule has 20 nitrogen and oxygen atoms in total. The van der Waals surface area contributed by atoms with Gasteiger partial charge in [0, 0.05) is 101 Å². The first kappa shape index (κ1) is 62.1. The van der Waals surface area contributed by atoms with Crippen LogP contribution in [0.3, 0.4) is 0 Å². The quantitative estimate of drug-likeness (QED) is 0.0284. The second-order valence-corrected chi connectivity index (χ2v) is 22.6. The van der Waals surface area contributed by atoms with E-state index in [1.165, 1.54) is 24.2 Å². The van der Waals surface area contributed by atoms with Gasteiger partial charge in [-0.15, -0.1) is 0 Å². The lowest BCUT2D eigenvalue weighted by molar-refractivity contribution is -0.146. The smallest absolute Gasteiger partial charge is 0.253 e. The van der Waals surface area contributed by atoms with Gasteiger partial charge in [0.15, 0.2) is 5.96 Å². The van der Waals surface area contributed by atoms with Crippen LogP contribution in [0.4, 0.5) is 0 Å². The molecule has 0 spiro atoms. The molecule has 1 aromatic rings. The molecule has 2 heterocycles. The van der Waals surface area contributed by atoms with Gasteiger partial charge in [-0.25, -0.2) is 4.99 Å². The summed E-state index contributed by atoms with van der Waals surface area (Å²) < 4.78 is 26.2. The van der Waals surface area contributed by atoms with E-state index in [4.69, 9.17) is 14.5 Å². The maximum atomic E-state index is 14.5. The highest BCUT2D eigenvalue weighted by Crippen LogP contribution is 2.46. The van der Waals surface area contributed by atoms with Crippen LogP contribution >= 0.6 is 7.37 Å². The zero-order valence-corrected chi connectivity index (χ0v) is 46.4. The standard InChI is InChI=1S/C52H86N9O11P/c1-13-36(4)48(59(10)51(68)47(35(2)3)56-52(57(6)7)58(8)9)40(71-11)33-46(66)60-31-20-24-39(60)49(72-12)37(5)50(67)55-43(32-38-22-16-14-17-23-38)73(69,70)34-42(63)54-29-21-28-53-41(62)25-18-15-19-30-61-44(64)26-27-45(61)65/h14,16-17,22-23,26-27,35-37,39-40,43,47-49H,13,15,18-21,24-25,28-34H2,1-12H3,(H,53,62)(H,54,63)(H,55,67)(H,69,70)/t36-,37+,39-,40+,43+,47-,48?,49+/m0/s1. The molecule has 9 atom stereocenters. The van der Waals surface area contributed by atoms with Gasteiger partial charge in [0.1, 0.15) is 18.0 Å². The fourth-order valence-corrected chi connectivity index (χ4v) is 11.1. The number of carbonyl (C=O) groups excluding carboxylic acids is 7. The van der Waals surface area contributed by atoms with Crippen molar-refractivity contribution in [2.45, 2.75) is 135 Å². The van der Waals surface area contributed by atoms with Gasteiger partial charge in [-0.1, -0.05) is 77.8 Å². The van der Waals surface area contributed by atoms with E-state index in [-0.39, 0.29) is 73.7 Å². The van der Waals surface area contributed by atoms with Crippen LogP contribution in [0.1, 0.15) is 98.0 Å². The summed E-state index contributed by atoms with van der Waals surface area (Å²) in [5, 5.41) is 8.24. The van der Waals surface area contributed by atoms with Crippen molar-refractivity contribution in [3.63, 3.8) is 0 Å². The third-order valence-electron chi connectivity index (χ3n) is 13.8. The monoisotopic (exact) mass is 1040 g/mol. The van der Waals surface area contributed by atoms with Crippen LogP contribution in [-0.2, 0) is 54.0 Å². The Morgan fingerprint density at radius 2 is 1.48 bits per heavy atom. The highest BCUT2D eigenvalue weighted by Gasteiger charge is 2.44. The van der Waals surface area contributed by atoms with Gasteiger partial charge in [0.2, 0.25) is 36.9 Å². The van der Waals surface area contributed by atoms with Gasteiger partial charge >= 0.3 is 0 Å². The van der Waals surface area contributed by atoms with Crippen molar-refractivity contribution < 1.29 is 52.5 Å². The molecule has 2 aliphatic heterocycles. The number of ether oxygens (including phenoxy) is 2. The van der Waals surface area contributed by atoms with Crippen LogP contribution in [0.15, 0.2) is 47.5 Å². The summed E-state index contributed by atoms with van der Waals surface area (Å²) in [5.74, 6) is -4.25. The minimum atomic E-state index is -4.41. The van der Waals surface area contributed by atoms with Crippen molar-refractivity contribution in [2.75, 3.05) is 81.8 Å². The maximum Gasteiger partial charge on any atom is 0.253 e. The van der Waals surface area contributed by atoms with Crippen LogP contribution in [-0.4, -0.2) is 195 Å². The van der Waals surface area contributed by atoms with E-state index >= 15 is 0 Å². The van der Waals surface area contributed by atoms with Crippen molar-refractivity contribution in [3.05, 3.63) is 48.0 Å². The number of unbranched alkanes of at least 4 members (excludes halogenated alkanes) is 2. The summed E-state index contributed by atoms with van der Waals surface area (Å²) in [6.07, 6.45) is 4.54. The van der Waals surface area contributed by atoms with Gasteiger partial charge in [-0.2, -0.15) is 0 Å². The summed E-state index contributed by atoms with van der Waals surface area (Å²) >= 11 is 0. The van der Waals surface area contributed by atoms with Crippen molar-refractivity contribution in [1.29, 1.82) is 0 Å². The topological polar surface area (TPSA) is 240 Å². The van der Waals surface area contributed by atoms with E-state index in [2.05, 4.69) is 16.0 Å². The predicted molar refractivity (Wildman–Crippen MR) is 281 cm³/mol. The van der Waals surface area contributed by atoms with E-state index in [1.807, 2.05) is 65.7 Å². The second kappa shape index (κ2) is 30.3. The second-order valence-electron chi connectivity index (χ2n) is 20.1. The predicted octanol–water partition coefficient (Wildman–Crippen LogP) is 3.47. The molecule has 7 amide bonds. The Hall–Kier alpha value is -5.17. The number of amides is 7. The van der Waals surface area contributed by atoms with E-state index in [0.717, 1.165) is 0 Å². The van der Waals surface area contributed by atoms with Gasteiger partial charge in [0.25, 0.3) is 11.8 Å². The average Bonchev–Trinajstić information content (AvgIpc) is 3.95. The number of hydrogen-bond acceptors (Lipinski definition) is 11. The molecule has 4 N–H and O–H groups in total. The Labute approximate surface area is 433 Å². The number of carbonyl (C=O) groups is 7. The third kappa shape index (κ3) is 18.6. The molecule has 1 saturated heterocycles. The molecule has 410 valence electrons. The van der Waals surface area contributed by atoms with Crippen LogP contribution in [0, 0.1) is 17.8 Å². The first-order chi connectivity index (χ1) is 34.5. The number of guanidine groups is 1. The number of benzene rings is 1. The van der Waals surface area contributed by atoms with Gasteiger partial charge < -0.3 is 49.9 Å².